The number of hydrogen-bond donors (Lipinski definition) is 1. The van der Waals surface area contributed by atoms with E-state index in [1.54, 1.807) is 6.07 Å². The molecule has 3 aromatic rings. The Morgan fingerprint density at radius 3 is 2.76 bits per heavy atom. The van der Waals surface area contributed by atoms with Crippen molar-refractivity contribution in [2.24, 2.45) is 0 Å². The Balaban J connectivity index is 2.19. The van der Waals surface area contributed by atoms with Crippen LogP contribution in [0.1, 0.15) is 5.56 Å². The quantitative estimate of drug-likeness (QED) is 0.723. The summed E-state index contributed by atoms with van der Waals surface area (Å²) >= 11 is 3.32. The maximum Gasteiger partial charge on any atom is 0.189 e. The van der Waals surface area contributed by atoms with Gasteiger partial charge in [0.05, 0.1) is 5.69 Å². The third-order valence-corrected chi connectivity index (χ3v) is 3.69. The Morgan fingerprint density at radius 2 is 2.00 bits per heavy atom. The van der Waals surface area contributed by atoms with E-state index in [4.69, 9.17) is 5.73 Å². The Morgan fingerprint density at radius 1 is 1.19 bits per heavy atom. The van der Waals surface area contributed by atoms with Crippen LogP contribution in [0.25, 0.3) is 17.1 Å². The molecule has 3 rings (SSSR count). The van der Waals surface area contributed by atoms with Gasteiger partial charge in [-0.3, -0.25) is 0 Å². The van der Waals surface area contributed by atoms with Gasteiger partial charge in [-0.25, -0.2) is 4.39 Å². The number of nitrogens with two attached hydrogens (primary N) is 1. The number of benzene rings is 2. The van der Waals surface area contributed by atoms with Crippen molar-refractivity contribution < 1.29 is 4.39 Å². The summed E-state index contributed by atoms with van der Waals surface area (Å²) in [6.07, 6.45) is 0. The molecule has 1 heterocycles. The monoisotopic (exact) mass is 347 g/mol. The molecule has 0 saturated carbocycles. The fourth-order valence-corrected chi connectivity index (χ4v) is 2.55. The molecule has 0 spiro atoms. The van der Waals surface area contributed by atoms with Crippen molar-refractivity contribution in [3.63, 3.8) is 0 Å². The van der Waals surface area contributed by atoms with Crippen LogP contribution < -0.4 is 5.73 Å². The first-order chi connectivity index (χ1) is 10.1. The van der Waals surface area contributed by atoms with Crippen LogP contribution in [0.15, 0.2) is 40.9 Å². The molecular weight excluding hydrogens is 337 g/mol. The molecule has 0 aliphatic carbocycles. The van der Waals surface area contributed by atoms with Crippen LogP contribution in [0.4, 0.5) is 10.1 Å². The first-order valence-corrected chi connectivity index (χ1v) is 6.96. The average molecular weight is 348 g/mol. The second-order valence-corrected chi connectivity index (χ2v) is 5.46. The number of aromatic nitrogens is 4. The summed E-state index contributed by atoms with van der Waals surface area (Å²) in [5.41, 5.74) is 9.00. The van der Waals surface area contributed by atoms with Crippen LogP contribution in [0.2, 0.25) is 0 Å². The number of halogens is 2. The van der Waals surface area contributed by atoms with E-state index in [9.17, 15) is 4.39 Å². The van der Waals surface area contributed by atoms with E-state index in [2.05, 4.69) is 31.5 Å². The van der Waals surface area contributed by atoms with E-state index in [1.807, 2.05) is 25.1 Å². The summed E-state index contributed by atoms with van der Waals surface area (Å²) < 4.78 is 15.3. The lowest BCUT2D eigenvalue weighted by Gasteiger charge is -2.09. The van der Waals surface area contributed by atoms with Crippen molar-refractivity contribution in [2.45, 2.75) is 6.92 Å². The van der Waals surface area contributed by atoms with E-state index >= 15 is 0 Å². The fraction of sp³-hybridized carbons (Fsp3) is 0.0714. The minimum Gasteiger partial charge on any atom is -0.398 e. The summed E-state index contributed by atoms with van der Waals surface area (Å²) in [7, 11) is 0. The molecule has 0 saturated heterocycles. The highest BCUT2D eigenvalue weighted by atomic mass is 79.9. The van der Waals surface area contributed by atoms with Gasteiger partial charge in [-0.05, 0) is 63.6 Å². The van der Waals surface area contributed by atoms with Gasteiger partial charge in [0.25, 0.3) is 0 Å². The first-order valence-electron chi connectivity index (χ1n) is 6.16. The highest BCUT2D eigenvalue weighted by Gasteiger charge is 2.15. The maximum atomic E-state index is 13.2. The van der Waals surface area contributed by atoms with Crippen LogP contribution in [0, 0.1) is 12.7 Å². The molecule has 1 aromatic heterocycles. The van der Waals surface area contributed by atoms with Gasteiger partial charge >= 0.3 is 0 Å². The summed E-state index contributed by atoms with van der Waals surface area (Å²) in [6.45, 7) is 1.96. The van der Waals surface area contributed by atoms with Crippen molar-refractivity contribution in [1.82, 2.24) is 20.2 Å². The Hall–Kier alpha value is -2.28. The zero-order valence-corrected chi connectivity index (χ0v) is 12.7. The number of hydrogen-bond acceptors (Lipinski definition) is 4. The molecule has 0 aliphatic heterocycles. The van der Waals surface area contributed by atoms with E-state index in [0.717, 1.165) is 11.1 Å². The summed E-state index contributed by atoms with van der Waals surface area (Å²) in [5, 5.41) is 11.7. The van der Waals surface area contributed by atoms with Crippen molar-refractivity contribution in [1.29, 1.82) is 0 Å². The normalized spacial score (nSPS) is 10.8. The number of nitrogen functional groups attached to an aromatic ring is 1. The largest absolute Gasteiger partial charge is 0.398 e. The van der Waals surface area contributed by atoms with Gasteiger partial charge in [-0.15, -0.1) is 5.10 Å². The lowest BCUT2D eigenvalue weighted by Crippen LogP contribution is -2.03. The van der Waals surface area contributed by atoms with Crippen molar-refractivity contribution in [2.75, 3.05) is 5.73 Å². The molecule has 21 heavy (non-hydrogen) atoms. The molecule has 0 bridgehead atoms. The molecule has 0 amide bonds. The van der Waals surface area contributed by atoms with E-state index in [-0.39, 0.29) is 5.82 Å². The number of rotatable bonds is 2. The zero-order chi connectivity index (χ0) is 15.0. The zero-order valence-electron chi connectivity index (χ0n) is 11.1. The summed E-state index contributed by atoms with van der Waals surface area (Å²) in [5.74, 6) is 0.166. The third-order valence-electron chi connectivity index (χ3n) is 3.06. The van der Waals surface area contributed by atoms with Crippen molar-refractivity contribution in [3.05, 3.63) is 52.3 Å². The molecule has 0 radical (unpaired) electrons. The fourth-order valence-electron chi connectivity index (χ4n) is 2.03. The minimum absolute atomic E-state index is 0.338. The van der Waals surface area contributed by atoms with Crippen LogP contribution in [0.3, 0.4) is 0 Å². The molecule has 2 aromatic carbocycles. The number of tetrazole rings is 1. The molecule has 2 N–H and O–H groups in total. The number of anilines is 1. The Labute approximate surface area is 128 Å². The summed E-state index contributed by atoms with van der Waals surface area (Å²) in [6, 6.07) is 9.95. The second-order valence-electron chi connectivity index (χ2n) is 4.60. The molecular formula is C14H11BrFN5. The number of nitrogens with zero attached hydrogens (tertiary/aromatic N) is 4. The maximum absolute atomic E-state index is 13.2. The minimum atomic E-state index is -0.338. The predicted molar refractivity (Wildman–Crippen MR) is 81.4 cm³/mol. The lowest BCUT2D eigenvalue weighted by atomic mass is 10.1. The van der Waals surface area contributed by atoms with Gasteiger partial charge in [0.15, 0.2) is 5.82 Å². The molecule has 5 nitrogen and oxygen atoms in total. The van der Waals surface area contributed by atoms with Gasteiger partial charge in [0.1, 0.15) is 5.82 Å². The molecule has 0 aliphatic rings. The van der Waals surface area contributed by atoms with E-state index < -0.39 is 0 Å². The van der Waals surface area contributed by atoms with Crippen LogP contribution in [-0.2, 0) is 0 Å². The average Bonchev–Trinajstić information content (AvgIpc) is 2.90. The Bertz CT molecular complexity index is 815. The highest BCUT2D eigenvalue weighted by molar-refractivity contribution is 9.10. The van der Waals surface area contributed by atoms with E-state index in [1.165, 1.54) is 16.8 Å². The van der Waals surface area contributed by atoms with Gasteiger partial charge in [0, 0.05) is 15.7 Å². The van der Waals surface area contributed by atoms with Crippen molar-refractivity contribution >= 4 is 21.6 Å². The molecule has 0 unspecified atom stereocenters. The molecule has 7 heteroatoms. The van der Waals surface area contributed by atoms with Crippen LogP contribution in [0.5, 0.6) is 0 Å². The van der Waals surface area contributed by atoms with E-state index in [0.29, 0.717) is 21.7 Å². The SMILES string of the molecule is Cc1ccc(N)c(-c2nnnn2-c2ccc(F)cc2Br)c1. The third kappa shape index (κ3) is 2.52. The first kappa shape index (κ1) is 13.7. The Kier molecular flexibility index (Phi) is 3.42. The molecule has 0 atom stereocenters. The van der Waals surface area contributed by atoms with Gasteiger partial charge < -0.3 is 5.73 Å². The van der Waals surface area contributed by atoms with Gasteiger partial charge in [-0.1, -0.05) is 11.6 Å². The summed E-state index contributed by atoms with van der Waals surface area (Å²) in [4.78, 5) is 0. The lowest BCUT2D eigenvalue weighted by molar-refractivity contribution is 0.625. The standard InChI is InChI=1S/C14H11BrFN5/c1-8-2-4-12(17)10(6-8)14-18-19-20-21(14)13-5-3-9(16)7-11(13)15/h2-7H,17H2,1H3. The van der Waals surface area contributed by atoms with Gasteiger partial charge in [-0.2, -0.15) is 4.68 Å². The van der Waals surface area contributed by atoms with Gasteiger partial charge in [0.2, 0.25) is 0 Å². The second kappa shape index (κ2) is 5.25. The van der Waals surface area contributed by atoms with Crippen LogP contribution in [-0.4, -0.2) is 20.2 Å². The van der Waals surface area contributed by atoms with Crippen molar-refractivity contribution in [3.8, 4) is 17.1 Å². The topological polar surface area (TPSA) is 69.6 Å². The molecule has 0 fully saturated rings. The predicted octanol–water partition coefficient (Wildman–Crippen LogP) is 3.12. The smallest absolute Gasteiger partial charge is 0.189 e. The highest BCUT2D eigenvalue weighted by Crippen LogP contribution is 2.29. The number of aryl methyl sites for hydroxylation is 1. The van der Waals surface area contributed by atoms with Crippen LogP contribution >= 0.6 is 15.9 Å². The molecule has 106 valence electrons.